The topological polar surface area (TPSA) is 29.3 Å². The highest BCUT2D eigenvalue weighted by Crippen LogP contribution is 2.36. The molecule has 1 heterocycles. The molecule has 1 aliphatic heterocycles. The highest BCUT2D eigenvalue weighted by Gasteiger charge is 2.28. The van der Waals surface area contributed by atoms with Crippen LogP contribution in [0.4, 0.5) is 5.69 Å². The van der Waals surface area contributed by atoms with Gasteiger partial charge in [0.25, 0.3) is 0 Å². The van der Waals surface area contributed by atoms with E-state index in [0.717, 1.165) is 24.6 Å². The summed E-state index contributed by atoms with van der Waals surface area (Å²) in [6, 6.07) is 5.97. The van der Waals surface area contributed by atoms with E-state index in [1.54, 1.807) is 0 Å². The molecular formula is C16H23ClN2S. The Hall–Kier alpha value is -0.800. The fourth-order valence-electron chi connectivity index (χ4n) is 2.90. The van der Waals surface area contributed by atoms with Gasteiger partial charge in [-0.15, -0.1) is 0 Å². The molecule has 0 aliphatic carbocycles. The zero-order valence-corrected chi connectivity index (χ0v) is 14.0. The second-order valence-electron chi connectivity index (χ2n) is 6.66. The molecule has 1 aromatic carbocycles. The van der Waals surface area contributed by atoms with Crippen LogP contribution in [0, 0.1) is 11.3 Å². The van der Waals surface area contributed by atoms with E-state index >= 15 is 0 Å². The van der Waals surface area contributed by atoms with Gasteiger partial charge < -0.3 is 10.6 Å². The van der Waals surface area contributed by atoms with Crippen LogP contribution >= 0.6 is 23.8 Å². The summed E-state index contributed by atoms with van der Waals surface area (Å²) in [6.45, 7) is 9.18. The first-order chi connectivity index (χ1) is 9.29. The number of rotatable bonds is 2. The molecule has 0 spiro atoms. The summed E-state index contributed by atoms with van der Waals surface area (Å²) >= 11 is 11.2. The van der Waals surface area contributed by atoms with E-state index in [4.69, 9.17) is 29.6 Å². The fourth-order valence-corrected chi connectivity index (χ4v) is 3.41. The lowest BCUT2D eigenvalue weighted by atomic mass is 9.75. The molecule has 1 aromatic rings. The molecule has 110 valence electrons. The second-order valence-corrected chi connectivity index (χ2v) is 7.50. The highest BCUT2D eigenvalue weighted by molar-refractivity contribution is 7.80. The molecule has 1 fully saturated rings. The third-order valence-corrected chi connectivity index (χ3v) is 4.84. The monoisotopic (exact) mass is 310 g/mol. The Morgan fingerprint density at radius 2 is 1.90 bits per heavy atom. The molecule has 1 saturated heterocycles. The van der Waals surface area contributed by atoms with E-state index < -0.39 is 0 Å². The van der Waals surface area contributed by atoms with Crippen molar-refractivity contribution in [2.45, 2.75) is 33.6 Å². The van der Waals surface area contributed by atoms with Gasteiger partial charge in [0.2, 0.25) is 0 Å². The summed E-state index contributed by atoms with van der Waals surface area (Å²) in [4.78, 5) is 2.75. The van der Waals surface area contributed by atoms with Crippen LogP contribution in [0.2, 0.25) is 5.02 Å². The van der Waals surface area contributed by atoms with Crippen molar-refractivity contribution in [1.82, 2.24) is 0 Å². The Labute approximate surface area is 132 Å². The van der Waals surface area contributed by atoms with Crippen molar-refractivity contribution in [3.63, 3.8) is 0 Å². The molecular weight excluding hydrogens is 288 g/mol. The van der Waals surface area contributed by atoms with E-state index in [0.29, 0.717) is 15.4 Å². The first kappa shape index (κ1) is 15.6. The van der Waals surface area contributed by atoms with Gasteiger partial charge in [-0.05, 0) is 42.4 Å². The summed E-state index contributed by atoms with van der Waals surface area (Å²) in [5.74, 6) is 0.796. The zero-order chi connectivity index (χ0) is 14.9. The van der Waals surface area contributed by atoms with E-state index in [9.17, 15) is 0 Å². The number of hydrogen-bond donors (Lipinski definition) is 1. The normalized spacial score (nSPS) is 17.3. The Morgan fingerprint density at radius 3 is 2.35 bits per heavy atom. The van der Waals surface area contributed by atoms with Gasteiger partial charge in [-0.25, -0.2) is 0 Å². The van der Waals surface area contributed by atoms with Crippen molar-refractivity contribution in [2.24, 2.45) is 17.1 Å². The Bertz CT molecular complexity index is 500. The lowest BCUT2D eigenvalue weighted by molar-refractivity contribution is 0.199. The molecule has 4 heteroatoms. The minimum atomic E-state index is 0.355. The van der Waals surface area contributed by atoms with Gasteiger partial charge >= 0.3 is 0 Å². The van der Waals surface area contributed by atoms with E-state index in [2.05, 4.69) is 31.7 Å². The first-order valence-corrected chi connectivity index (χ1v) is 7.92. The van der Waals surface area contributed by atoms with Gasteiger partial charge in [-0.3, -0.25) is 0 Å². The summed E-state index contributed by atoms with van der Waals surface area (Å²) < 4.78 is 0. The number of hydrogen-bond acceptors (Lipinski definition) is 2. The van der Waals surface area contributed by atoms with Crippen molar-refractivity contribution in [3.8, 4) is 0 Å². The highest BCUT2D eigenvalue weighted by atomic mass is 35.5. The van der Waals surface area contributed by atoms with Gasteiger partial charge in [0.05, 0.1) is 5.02 Å². The zero-order valence-electron chi connectivity index (χ0n) is 12.4. The molecule has 2 nitrogen and oxygen atoms in total. The van der Waals surface area contributed by atoms with Gasteiger partial charge in [0.15, 0.2) is 0 Å². The summed E-state index contributed by atoms with van der Waals surface area (Å²) in [7, 11) is 0. The molecule has 2 N–H and O–H groups in total. The third-order valence-electron chi connectivity index (χ3n) is 4.30. The van der Waals surface area contributed by atoms with Crippen LogP contribution in [0.3, 0.4) is 0 Å². The van der Waals surface area contributed by atoms with Crippen LogP contribution in [0.15, 0.2) is 18.2 Å². The predicted octanol–water partition coefficient (Wildman–Crippen LogP) is 4.24. The number of anilines is 1. The van der Waals surface area contributed by atoms with Crippen molar-refractivity contribution in [1.29, 1.82) is 0 Å². The number of benzene rings is 1. The number of piperidine rings is 1. The van der Waals surface area contributed by atoms with Crippen LogP contribution in [0.5, 0.6) is 0 Å². The van der Waals surface area contributed by atoms with Crippen molar-refractivity contribution >= 4 is 34.5 Å². The van der Waals surface area contributed by atoms with E-state index in [1.807, 2.05) is 12.1 Å². The molecule has 20 heavy (non-hydrogen) atoms. The Morgan fingerprint density at radius 1 is 1.30 bits per heavy atom. The van der Waals surface area contributed by atoms with Gasteiger partial charge in [-0.1, -0.05) is 44.6 Å². The lowest BCUT2D eigenvalue weighted by Crippen LogP contribution is -2.38. The Kier molecular flexibility index (Phi) is 4.60. The number of halogens is 1. The maximum atomic E-state index is 6.25. The molecule has 0 atom stereocenters. The first-order valence-electron chi connectivity index (χ1n) is 7.13. The number of nitrogens with zero attached hydrogens (tertiary/aromatic N) is 1. The molecule has 0 aromatic heterocycles. The summed E-state index contributed by atoms with van der Waals surface area (Å²) in [6.07, 6.45) is 2.47. The number of thiocarbonyl (C=S) groups is 1. The van der Waals surface area contributed by atoms with Gasteiger partial charge in [-0.2, -0.15) is 0 Å². The van der Waals surface area contributed by atoms with Gasteiger partial charge in [0, 0.05) is 24.3 Å². The molecule has 0 amide bonds. The van der Waals surface area contributed by atoms with Crippen LogP contribution in [0.1, 0.15) is 39.2 Å². The largest absolute Gasteiger partial charge is 0.389 e. The molecule has 0 unspecified atom stereocenters. The lowest BCUT2D eigenvalue weighted by Gasteiger charge is -2.39. The summed E-state index contributed by atoms with van der Waals surface area (Å²) in [5.41, 5.74) is 7.97. The van der Waals surface area contributed by atoms with Crippen molar-refractivity contribution in [2.75, 3.05) is 18.0 Å². The Balaban J connectivity index is 2.08. The average molecular weight is 311 g/mol. The molecule has 0 saturated carbocycles. The van der Waals surface area contributed by atoms with Crippen LogP contribution < -0.4 is 10.6 Å². The maximum absolute atomic E-state index is 6.25. The molecule has 1 aliphatic rings. The average Bonchev–Trinajstić information content (AvgIpc) is 2.37. The van der Waals surface area contributed by atoms with E-state index in [1.165, 1.54) is 18.5 Å². The minimum Gasteiger partial charge on any atom is -0.389 e. The predicted molar refractivity (Wildman–Crippen MR) is 91.7 cm³/mol. The van der Waals surface area contributed by atoms with Crippen LogP contribution in [0.25, 0.3) is 0 Å². The minimum absolute atomic E-state index is 0.355. The number of nitrogens with two attached hydrogens (primary N) is 1. The second kappa shape index (κ2) is 5.90. The van der Waals surface area contributed by atoms with Crippen molar-refractivity contribution < 1.29 is 0 Å². The smallest absolute Gasteiger partial charge is 0.105 e. The third kappa shape index (κ3) is 3.44. The molecule has 0 bridgehead atoms. The summed E-state index contributed by atoms with van der Waals surface area (Å²) in [5, 5.41) is 0.646. The van der Waals surface area contributed by atoms with Crippen LogP contribution in [-0.4, -0.2) is 18.1 Å². The maximum Gasteiger partial charge on any atom is 0.105 e. The van der Waals surface area contributed by atoms with Crippen molar-refractivity contribution in [3.05, 3.63) is 28.8 Å². The standard InChI is InChI=1S/C16H23ClN2S/c1-16(2,3)11-6-8-19(9-7-11)12-4-5-13(15(18)20)14(17)10-12/h4-5,10-11H,6-9H2,1-3H3,(H2,18,20). The SMILES string of the molecule is CC(C)(C)C1CCN(c2ccc(C(N)=S)c(Cl)c2)CC1. The quantitative estimate of drug-likeness (QED) is 0.829. The van der Waals surface area contributed by atoms with Crippen LogP contribution in [-0.2, 0) is 0 Å². The molecule has 2 rings (SSSR count). The van der Waals surface area contributed by atoms with Gasteiger partial charge in [0.1, 0.15) is 4.99 Å². The molecule has 0 radical (unpaired) electrons. The van der Waals surface area contributed by atoms with E-state index in [-0.39, 0.29) is 0 Å². The fraction of sp³-hybridized carbons (Fsp3) is 0.562.